The Hall–Kier alpha value is -6.58. The van der Waals surface area contributed by atoms with Crippen LogP contribution in [-0.4, -0.2) is 4.57 Å². The minimum absolute atomic E-state index is 0.622. The molecule has 0 radical (unpaired) electrons. The van der Waals surface area contributed by atoms with Gasteiger partial charge in [-0.3, -0.25) is 0 Å². The summed E-state index contributed by atoms with van der Waals surface area (Å²) in [6.45, 7) is 0. The molecule has 0 atom stereocenters. The van der Waals surface area contributed by atoms with Crippen molar-refractivity contribution in [2.24, 2.45) is 0 Å². The molecule has 8 aromatic rings. The van der Waals surface area contributed by atoms with Crippen LogP contribution < -0.4 is 9.47 Å². The number of ether oxygens (including phenoxy) is 2. The highest BCUT2D eigenvalue weighted by molar-refractivity contribution is 6.15. The molecule has 7 aromatic carbocycles. The zero-order valence-corrected chi connectivity index (χ0v) is 28.4. The topological polar surface area (TPSA) is 23.4 Å². The molecule has 1 aromatic heterocycles. The van der Waals surface area contributed by atoms with Gasteiger partial charge in [0.25, 0.3) is 0 Å². The molecular weight excluding hydrogens is 635 g/mol. The Morgan fingerprint density at radius 3 is 1.92 bits per heavy atom. The number of fused-ring (bicyclic) bond motifs is 10. The van der Waals surface area contributed by atoms with Crippen molar-refractivity contribution in [3.05, 3.63) is 210 Å². The van der Waals surface area contributed by atoms with Gasteiger partial charge in [0.1, 0.15) is 23.0 Å². The quantitative estimate of drug-likeness (QED) is 0.187. The van der Waals surface area contributed by atoms with Gasteiger partial charge < -0.3 is 14.0 Å². The first kappa shape index (κ1) is 29.2. The SMILES string of the molecule is C1=C(c2ccccc2)CCC2=C1C1(c3ccc(-c4cccc5c4c4ccccc4n5-c4ccccc4)cc3O2)c2ccccc2Oc2ccccc21. The molecule has 246 valence electrons. The van der Waals surface area contributed by atoms with E-state index in [9.17, 15) is 0 Å². The zero-order valence-electron chi connectivity index (χ0n) is 28.4. The molecule has 3 aliphatic rings. The second kappa shape index (κ2) is 11.2. The van der Waals surface area contributed by atoms with E-state index in [-0.39, 0.29) is 0 Å². The first-order valence-corrected chi connectivity index (χ1v) is 18.1. The fourth-order valence-electron chi connectivity index (χ4n) is 9.06. The van der Waals surface area contributed by atoms with Crippen molar-refractivity contribution in [3.63, 3.8) is 0 Å². The lowest BCUT2D eigenvalue weighted by Crippen LogP contribution is -2.39. The number of benzene rings is 7. The highest BCUT2D eigenvalue weighted by Gasteiger charge is 2.51. The van der Waals surface area contributed by atoms with Gasteiger partial charge in [-0.05, 0) is 71.1 Å². The summed E-state index contributed by atoms with van der Waals surface area (Å²) in [5.74, 6) is 3.67. The third kappa shape index (κ3) is 4.08. The Balaban J connectivity index is 1.18. The van der Waals surface area contributed by atoms with Gasteiger partial charge in [-0.1, -0.05) is 133 Å². The number of allylic oxidation sites excluding steroid dienone is 4. The fourth-order valence-corrected chi connectivity index (χ4v) is 9.06. The molecular formula is C49H33NO2. The smallest absolute Gasteiger partial charge is 0.132 e. The van der Waals surface area contributed by atoms with Crippen molar-refractivity contribution in [2.45, 2.75) is 18.3 Å². The van der Waals surface area contributed by atoms with Crippen molar-refractivity contribution in [1.29, 1.82) is 0 Å². The van der Waals surface area contributed by atoms with E-state index in [2.05, 4.69) is 181 Å². The lowest BCUT2D eigenvalue weighted by molar-refractivity contribution is 0.352. The molecule has 3 heteroatoms. The number of para-hydroxylation sites is 4. The van der Waals surface area contributed by atoms with E-state index in [1.54, 1.807) is 0 Å². The number of aromatic nitrogens is 1. The van der Waals surface area contributed by atoms with Gasteiger partial charge in [0, 0.05) is 45.1 Å². The summed E-state index contributed by atoms with van der Waals surface area (Å²) < 4.78 is 16.1. The van der Waals surface area contributed by atoms with Gasteiger partial charge >= 0.3 is 0 Å². The van der Waals surface area contributed by atoms with Crippen LogP contribution in [0.4, 0.5) is 0 Å². The van der Waals surface area contributed by atoms with E-state index in [0.29, 0.717) is 0 Å². The highest BCUT2D eigenvalue weighted by atomic mass is 16.5. The minimum atomic E-state index is -0.622. The lowest BCUT2D eigenvalue weighted by atomic mass is 9.60. The van der Waals surface area contributed by atoms with E-state index >= 15 is 0 Å². The van der Waals surface area contributed by atoms with Crippen LogP contribution in [0.3, 0.4) is 0 Å². The zero-order chi connectivity index (χ0) is 34.2. The van der Waals surface area contributed by atoms with Crippen LogP contribution >= 0.6 is 0 Å². The standard InChI is InChI=1S/C49H33NO2/c1-3-14-32(15-4-1)33-27-29-46-41(30-33)49(38-20-8-11-24-44(38)51-45-25-12-9-21-39(45)49)40-28-26-34(31-47(40)52-46)36-19-13-23-43-48(36)37-18-7-10-22-42(37)50(43)35-16-5-2-6-17-35/h1-26,28,30-31H,27,29H2. The van der Waals surface area contributed by atoms with Gasteiger partial charge in [-0.15, -0.1) is 0 Å². The third-order valence-corrected chi connectivity index (χ3v) is 11.2. The second-order valence-corrected chi connectivity index (χ2v) is 13.9. The van der Waals surface area contributed by atoms with Crippen molar-refractivity contribution < 1.29 is 9.47 Å². The van der Waals surface area contributed by atoms with Crippen LogP contribution in [0.25, 0.3) is 44.2 Å². The molecule has 0 bridgehead atoms. The van der Waals surface area contributed by atoms with E-state index < -0.39 is 5.41 Å². The third-order valence-electron chi connectivity index (χ3n) is 11.2. The average Bonchev–Trinajstić information content (AvgIpc) is 3.56. The van der Waals surface area contributed by atoms with Crippen LogP contribution in [0, 0.1) is 0 Å². The van der Waals surface area contributed by atoms with E-state index in [0.717, 1.165) is 63.8 Å². The van der Waals surface area contributed by atoms with Crippen molar-refractivity contribution in [1.82, 2.24) is 4.57 Å². The molecule has 1 aliphatic carbocycles. The largest absolute Gasteiger partial charge is 0.461 e. The van der Waals surface area contributed by atoms with Crippen molar-refractivity contribution in [2.75, 3.05) is 0 Å². The predicted octanol–water partition coefficient (Wildman–Crippen LogP) is 12.4. The van der Waals surface area contributed by atoms with E-state index in [1.165, 1.54) is 44.1 Å². The van der Waals surface area contributed by atoms with Crippen molar-refractivity contribution in [3.8, 4) is 34.1 Å². The molecule has 0 saturated carbocycles. The Morgan fingerprint density at radius 1 is 0.481 bits per heavy atom. The summed E-state index contributed by atoms with van der Waals surface area (Å²) in [5.41, 5.74) is 12.4. The van der Waals surface area contributed by atoms with Crippen LogP contribution in [0.1, 0.15) is 35.1 Å². The van der Waals surface area contributed by atoms with Gasteiger partial charge in [0.05, 0.1) is 16.4 Å². The van der Waals surface area contributed by atoms with Crippen molar-refractivity contribution >= 4 is 27.4 Å². The van der Waals surface area contributed by atoms with Gasteiger partial charge in [-0.2, -0.15) is 0 Å². The summed E-state index contributed by atoms with van der Waals surface area (Å²) in [4.78, 5) is 0. The summed E-state index contributed by atoms with van der Waals surface area (Å²) >= 11 is 0. The number of nitrogens with zero attached hydrogens (tertiary/aromatic N) is 1. The molecule has 11 rings (SSSR count). The summed E-state index contributed by atoms with van der Waals surface area (Å²) in [6.07, 6.45) is 4.13. The minimum Gasteiger partial charge on any atom is -0.461 e. The Labute approximate surface area is 302 Å². The van der Waals surface area contributed by atoms with Crippen LogP contribution in [0.5, 0.6) is 17.2 Å². The van der Waals surface area contributed by atoms with Crippen LogP contribution in [0.15, 0.2) is 187 Å². The maximum Gasteiger partial charge on any atom is 0.132 e. The van der Waals surface area contributed by atoms with Crippen LogP contribution in [0.2, 0.25) is 0 Å². The molecule has 0 N–H and O–H groups in total. The summed E-state index contributed by atoms with van der Waals surface area (Å²) in [7, 11) is 0. The Kier molecular flexibility index (Phi) is 6.29. The molecule has 3 nitrogen and oxygen atoms in total. The monoisotopic (exact) mass is 667 g/mol. The summed E-state index contributed by atoms with van der Waals surface area (Å²) in [5, 5.41) is 2.47. The second-order valence-electron chi connectivity index (χ2n) is 13.9. The summed E-state index contributed by atoms with van der Waals surface area (Å²) in [6, 6.07) is 60.8. The number of hydrogen-bond acceptors (Lipinski definition) is 2. The van der Waals surface area contributed by atoms with Crippen LogP contribution in [-0.2, 0) is 5.41 Å². The number of rotatable bonds is 3. The Bertz CT molecular complexity index is 2740. The molecule has 3 heterocycles. The first-order valence-electron chi connectivity index (χ1n) is 18.1. The highest BCUT2D eigenvalue weighted by Crippen LogP contribution is 2.61. The Morgan fingerprint density at radius 2 is 1.13 bits per heavy atom. The molecule has 1 spiro atoms. The predicted molar refractivity (Wildman–Crippen MR) is 210 cm³/mol. The lowest BCUT2D eigenvalue weighted by Gasteiger charge is -2.46. The fraction of sp³-hybridized carbons (Fsp3) is 0.0612. The number of hydrogen-bond donors (Lipinski definition) is 0. The van der Waals surface area contributed by atoms with Gasteiger partial charge in [0.2, 0.25) is 0 Å². The molecule has 0 fully saturated rings. The maximum atomic E-state index is 7.10. The van der Waals surface area contributed by atoms with Gasteiger partial charge in [0.15, 0.2) is 0 Å². The van der Waals surface area contributed by atoms with E-state index in [1.807, 2.05) is 0 Å². The first-order chi connectivity index (χ1) is 25.8. The normalized spacial score (nSPS) is 15.3. The molecule has 2 aliphatic heterocycles. The van der Waals surface area contributed by atoms with Gasteiger partial charge in [-0.25, -0.2) is 0 Å². The maximum absolute atomic E-state index is 7.10. The molecule has 0 unspecified atom stereocenters. The molecule has 0 amide bonds. The van der Waals surface area contributed by atoms with E-state index in [4.69, 9.17) is 9.47 Å². The average molecular weight is 668 g/mol. The molecule has 0 saturated heterocycles. The molecule has 52 heavy (non-hydrogen) atoms.